The zero-order valence-electron chi connectivity index (χ0n) is 12.2. The average molecular weight is 262 g/mol. The lowest BCUT2D eigenvalue weighted by Crippen LogP contribution is -2.29. The van der Waals surface area contributed by atoms with Crippen molar-refractivity contribution in [2.24, 2.45) is 0 Å². The van der Waals surface area contributed by atoms with Gasteiger partial charge < -0.3 is 15.0 Å². The van der Waals surface area contributed by atoms with E-state index < -0.39 is 0 Å². The molecule has 0 bridgehead atoms. The molecule has 1 aromatic rings. The van der Waals surface area contributed by atoms with Crippen molar-refractivity contribution in [1.82, 2.24) is 10.2 Å². The molecule has 1 atom stereocenters. The summed E-state index contributed by atoms with van der Waals surface area (Å²) in [4.78, 5) is 2.14. The molecule has 0 amide bonds. The van der Waals surface area contributed by atoms with Crippen molar-refractivity contribution in [2.45, 2.75) is 25.3 Å². The van der Waals surface area contributed by atoms with Crippen LogP contribution >= 0.6 is 0 Å². The van der Waals surface area contributed by atoms with Gasteiger partial charge in [-0.05, 0) is 44.5 Å². The lowest BCUT2D eigenvalue weighted by Gasteiger charge is -2.26. The third-order valence-corrected chi connectivity index (χ3v) is 3.69. The van der Waals surface area contributed by atoms with Gasteiger partial charge in [0.25, 0.3) is 0 Å². The van der Waals surface area contributed by atoms with Gasteiger partial charge >= 0.3 is 0 Å². The Morgan fingerprint density at radius 1 is 1.26 bits per heavy atom. The van der Waals surface area contributed by atoms with Crippen LogP contribution in [0.25, 0.3) is 0 Å². The lowest BCUT2D eigenvalue weighted by atomic mass is 9.88. The van der Waals surface area contributed by atoms with Gasteiger partial charge in [0.05, 0.1) is 13.2 Å². The number of fused-ring (bicyclic) bond motifs is 1. The molecule has 1 N–H and O–H groups in total. The monoisotopic (exact) mass is 262 g/mol. The third kappa shape index (κ3) is 4.60. The summed E-state index contributed by atoms with van der Waals surface area (Å²) in [6, 6.07) is 9.33. The molecule has 2 rings (SSSR count). The largest absolute Gasteiger partial charge is 0.379 e. The molecule has 1 aromatic carbocycles. The smallest absolute Gasteiger partial charge is 0.0593 e. The lowest BCUT2D eigenvalue weighted by molar-refractivity contribution is 0.117. The van der Waals surface area contributed by atoms with Crippen LogP contribution in [0.2, 0.25) is 0 Å². The summed E-state index contributed by atoms with van der Waals surface area (Å²) in [6.07, 6.45) is 3.76. The standard InChI is InChI=1S/C16H26N2O/c1-18(2)11-13-19-12-10-17-16-9-5-7-14-6-3-4-8-15(14)16/h3-4,6,8,16-17H,5,7,9-13H2,1-2H3. The second kappa shape index (κ2) is 7.63. The number of hydrogen-bond acceptors (Lipinski definition) is 3. The fourth-order valence-electron chi connectivity index (χ4n) is 2.62. The summed E-state index contributed by atoms with van der Waals surface area (Å²) >= 11 is 0. The van der Waals surface area contributed by atoms with Gasteiger partial charge in [0.15, 0.2) is 0 Å². The molecule has 0 saturated carbocycles. The molecule has 0 aromatic heterocycles. The van der Waals surface area contributed by atoms with Crippen LogP contribution in [0, 0.1) is 0 Å². The predicted octanol–water partition coefficient (Wildman–Crippen LogP) is 2.23. The molecule has 0 saturated heterocycles. The molecule has 1 aliphatic carbocycles. The summed E-state index contributed by atoms with van der Waals surface area (Å²) in [5, 5.41) is 3.63. The molecule has 0 radical (unpaired) electrons. The van der Waals surface area contributed by atoms with E-state index in [0.717, 1.165) is 26.3 Å². The molecule has 0 spiro atoms. The maximum absolute atomic E-state index is 5.62. The molecule has 0 heterocycles. The number of likely N-dealkylation sites (N-methyl/N-ethyl adjacent to an activating group) is 1. The summed E-state index contributed by atoms with van der Waals surface area (Å²) in [7, 11) is 4.14. The van der Waals surface area contributed by atoms with Crippen LogP contribution < -0.4 is 5.32 Å². The van der Waals surface area contributed by atoms with Crippen LogP contribution in [0.1, 0.15) is 30.0 Å². The van der Waals surface area contributed by atoms with Gasteiger partial charge in [-0.3, -0.25) is 0 Å². The topological polar surface area (TPSA) is 24.5 Å². The minimum Gasteiger partial charge on any atom is -0.379 e. The van der Waals surface area contributed by atoms with Gasteiger partial charge in [-0.15, -0.1) is 0 Å². The Balaban J connectivity index is 1.70. The molecule has 106 valence electrons. The van der Waals surface area contributed by atoms with Gasteiger partial charge in [-0.2, -0.15) is 0 Å². The molecule has 19 heavy (non-hydrogen) atoms. The zero-order chi connectivity index (χ0) is 13.5. The Kier molecular flexibility index (Phi) is 5.83. The van der Waals surface area contributed by atoms with Crippen molar-refractivity contribution >= 4 is 0 Å². The number of aryl methyl sites for hydroxylation is 1. The summed E-state index contributed by atoms with van der Waals surface area (Å²) < 4.78 is 5.62. The van der Waals surface area contributed by atoms with Crippen LogP contribution in [-0.2, 0) is 11.2 Å². The number of benzene rings is 1. The Bertz CT molecular complexity index is 379. The highest BCUT2D eigenvalue weighted by molar-refractivity contribution is 5.32. The molecule has 3 nitrogen and oxygen atoms in total. The molecular weight excluding hydrogens is 236 g/mol. The molecule has 1 aliphatic rings. The number of hydrogen-bond donors (Lipinski definition) is 1. The van der Waals surface area contributed by atoms with Gasteiger partial charge in [0.1, 0.15) is 0 Å². The van der Waals surface area contributed by atoms with Crippen LogP contribution in [0.15, 0.2) is 24.3 Å². The summed E-state index contributed by atoms with van der Waals surface area (Å²) in [5.74, 6) is 0. The molecule has 0 aliphatic heterocycles. The van der Waals surface area contributed by atoms with Gasteiger partial charge in [0, 0.05) is 19.1 Å². The highest BCUT2D eigenvalue weighted by Crippen LogP contribution is 2.29. The maximum atomic E-state index is 5.62. The third-order valence-electron chi connectivity index (χ3n) is 3.69. The van der Waals surface area contributed by atoms with E-state index in [2.05, 4.69) is 48.6 Å². The van der Waals surface area contributed by atoms with Gasteiger partial charge in [-0.25, -0.2) is 0 Å². The van der Waals surface area contributed by atoms with E-state index in [4.69, 9.17) is 4.74 Å². The minimum atomic E-state index is 0.516. The van der Waals surface area contributed by atoms with Crippen LogP contribution in [0.4, 0.5) is 0 Å². The Labute approximate surface area is 116 Å². The van der Waals surface area contributed by atoms with E-state index in [0.29, 0.717) is 6.04 Å². The van der Waals surface area contributed by atoms with Crippen LogP contribution in [0.5, 0.6) is 0 Å². The second-order valence-corrected chi connectivity index (χ2v) is 5.51. The minimum absolute atomic E-state index is 0.516. The van der Waals surface area contributed by atoms with E-state index in [1.54, 1.807) is 0 Å². The number of ether oxygens (including phenoxy) is 1. The van der Waals surface area contributed by atoms with E-state index in [-0.39, 0.29) is 0 Å². The molecule has 0 fully saturated rings. The van der Waals surface area contributed by atoms with Crippen molar-refractivity contribution in [3.8, 4) is 0 Å². The highest BCUT2D eigenvalue weighted by atomic mass is 16.5. The van der Waals surface area contributed by atoms with Crippen molar-refractivity contribution in [3.63, 3.8) is 0 Å². The van der Waals surface area contributed by atoms with Gasteiger partial charge in [0.2, 0.25) is 0 Å². The fourth-order valence-corrected chi connectivity index (χ4v) is 2.62. The van der Waals surface area contributed by atoms with E-state index in [1.807, 2.05) is 0 Å². The highest BCUT2D eigenvalue weighted by Gasteiger charge is 2.18. The Hall–Kier alpha value is -0.900. The van der Waals surface area contributed by atoms with E-state index >= 15 is 0 Å². The maximum Gasteiger partial charge on any atom is 0.0593 e. The fraction of sp³-hybridized carbons (Fsp3) is 0.625. The number of rotatable bonds is 7. The van der Waals surface area contributed by atoms with Crippen LogP contribution in [-0.4, -0.2) is 45.3 Å². The second-order valence-electron chi connectivity index (χ2n) is 5.51. The summed E-state index contributed by atoms with van der Waals surface area (Å²) in [6.45, 7) is 3.54. The predicted molar refractivity (Wildman–Crippen MR) is 79.5 cm³/mol. The first kappa shape index (κ1) is 14.5. The number of nitrogens with zero attached hydrogens (tertiary/aromatic N) is 1. The Morgan fingerprint density at radius 3 is 2.95 bits per heavy atom. The van der Waals surface area contributed by atoms with Crippen molar-refractivity contribution in [3.05, 3.63) is 35.4 Å². The summed E-state index contributed by atoms with van der Waals surface area (Å²) in [5.41, 5.74) is 3.00. The first-order valence-corrected chi connectivity index (χ1v) is 7.31. The van der Waals surface area contributed by atoms with Crippen molar-refractivity contribution in [1.29, 1.82) is 0 Å². The molecule has 1 unspecified atom stereocenters. The van der Waals surface area contributed by atoms with Crippen molar-refractivity contribution < 1.29 is 4.74 Å². The average Bonchev–Trinajstić information content (AvgIpc) is 2.42. The first-order valence-electron chi connectivity index (χ1n) is 7.31. The first-order chi connectivity index (χ1) is 9.27. The normalized spacial score (nSPS) is 18.6. The SMILES string of the molecule is CN(C)CCOCCNC1CCCc2ccccc21. The number of nitrogens with one attached hydrogen (secondary N) is 1. The zero-order valence-corrected chi connectivity index (χ0v) is 12.2. The quantitative estimate of drug-likeness (QED) is 0.763. The van der Waals surface area contributed by atoms with Crippen molar-refractivity contribution in [2.75, 3.05) is 40.4 Å². The van der Waals surface area contributed by atoms with Crippen LogP contribution in [0.3, 0.4) is 0 Å². The van der Waals surface area contributed by atoms with E-state index in [9.17, 15) is 0 Å². The van der Waals surface area contributed by atoms with E-state index in [1.165, 1.54) is 30.4 Å². The molecular formula is C16H26N2O. The Morgan fingerprint density at radius 2 is 2.11 bits per heavy atom. The van der Waals surface area contributed by atoms with Gasteiger partial charge in [-0.1, -0.05) is 24.3 Å². The molecule has 3 heteroatoms.